The summed E-state index contributed by atoms with van der Waals surface area (Å²) in [5.41, 5.74) is 0.217. The highest BCUT2D eigenvalue weighted by Gasteiger charge is 2.40. The average molecular weight is 252 g/mol. The molecule has 0 aromatic carbocycles. The van der Waals surface area contributed by atoms with Gasteiger partial charge in [-0.2, -0.15) is 0 Å². The van der Waals surface area contributed by atoms with Crippen LogP contribution in [0.5, 0.6) is 0 Å². The van der Waals surface area contributed by atoms with E-state index in [1.165, 1.54) is 0 Å². The zero-order chi connectivity index (χ0) is 13.3. The molecule has 4 heteroatoms. The molecule has 0 aliphatic carbocycles. The highest BCUT2D eigenvalue weighted by Crippen LogP contribution is 2.35. The van der Waals surface area contributed by atoms with Gasteiger partial charge in [0.15, 0.2) is 0 Å². The molecule has 2 heterocycles. The average Bonchev–Trinajstić information content (AvgIpc) is 2.63. The van der Waals surface area contributed by atoms with Crippen molar-refractivity contribution in [2.75, 3.05) is 26.2 Å². The molecule has 2 amide bonds. The quantitative estimate of drug-likeness (QED) is 0.696. The molecule has 0 bridgehead atoms. The fourth-order valence-electron chi connectivity index (χ4n) is 3.02. The SMILES string of the molecule is CC1CN(C(=O)C2CCCN(C=O)C2)CC1(C)C. The van der Waals surface area contributed by atoms with Gasteiger partial charge in [-0.3, -0.25) is 9.59 Å². The Bertz CT molecular complexity index is 341. The molecule has 102 valence electrons. The van der Waals surface area contributed by atoms with E-state index in [0.29, 0.717) is 12.5 Å². The van der Waals surface area contributed by atoms with Crippen molar-refractivity contribution in [3.63, 3.8) is 0 Å². The Hall–Kier alpha value is -1.06. The maximum atomic E-state index is 12.5. The van der Waals surface area contributed by atoms with Crippen molar-refractivity contribution >= 4 is 12.3 Å². The maximum Gasteiger partial charge on any atom is 0.227 e. The summed E-state index contributed by atoms with van der Waals surface area (Å²) in [5.74, 6) is 0.816. The molecule has 2 unspecified atom stereocenters. The number of hydrogen-bond acceptors (Lipinski definition) is 2. The number of hydrogen-bond donors (Lipinski definition) is 0. The zero-order valence-electron chi connectivity index (χ0n) is 11.7. The van der Waals surface area contributed by atoms with Gasteiger partial charge in [-0.25, -0.2) is 0 Å². The minimum Gasteiger partial charge on any atom is -0.344 e. The Morgan fingerprint density at radius 3 is 2.61 bits per heavy atom. The van der Waals surface area contributed by atoms with Crippen LogP contribution in [0.25, 0.3) is 0 Å². The van der Waals surface area contributed by atoms with Crippen molar-refractivity contribution in [2.24, 2.45) is 17.3 Å². The summed E-state index contributed by atoms with van der Waals surface area (Å²) in [5, 5.41) is 0. The zero-order valence-corrected chi connectivity index (χ0v) is 11.7. The third-order valence-electron chi connectivity index (χ3n) is 4.69. The number of likely N-dealkylation sites (tertiary alicyclic amines) is 2. The summed E-state index contributed by atoms with van der Waals surface area (Å²) in [7, 11) is 0. The number of carbonyl (C=O) groups excluding carboxylic acids is 2. The Labute approximate surface area is 109 Å². The first kappa shape index (κ1) is 13.4. The van der Waals surface area contributed by atoms with E-state index in [-0.39, 0.29) is 17.2 Å². The molecular formula is C14H24N2O2. The normalized spacial score (nSPS) is 31.5. The Balaban J connectivity index is 1.98. The summed E-state index contributed by atoms with van der Waals surface area (Å²) in [4.78, 5) is 27.0. The van der Waals surface area contributed by atoms with Crippen LogP contribution in [0.1, 0.15) is 33.6 Å². The minimum absolute atomic E-state index is 0.0186. The van der Waals surface area contributed by atoms with Crippen molar-refractivity contribution < 1.29 is 9.59 Å². The molecule has 0 saturated carbocycles. The Kier molecular flexibility index (Phi) is 3.64. The number of carbonyl (C=O) groups is 2. The largest absolute Gasteiger partial charge is 0.344 e. The van der Waals surface area contributed by atoms with Gasteiger partial charge in [0.1, 0.15) is 0 Å². The minimum atomic E-state index is 0.0186. The van der Waals surface area contributed by atoms with Crippen molar-refractivity contribution in [3.05, 3.63) is 0 Å². The summed E-state index contributed by atoms with van der Waals surface area (Å²) in [6.45, 7) is 9.79. The van der Waals surface area contributed by atoms with Crippen LogP contribution in [0.4, 0.5) is 0 Å². The lowest BCUT2D eigenvalue weighted by molar-refractivity contribution is -0.137. The van der Waals surface area contributed by atoms with E-state index in [1.54, 1.807) is 4.90 Å². The first-order valence-corrected chi connectivity index (χ1v) is 6.92. The predicted molar refractivity (Wildman–Crippen MR) is 69.9 cm³/mol. The van der Waals surface area contributed by atoms with E-state index in [1.807, 2.05) is 4.90 Å². The molecule has 0 radical (unpaired) electrons. The van der Waals surface area contributed by atoms with Gasteiger partial charge in [0.25, 0.3) is 0 Å². The number of nitrogens with zero attached hydrogens (tertiary/aromatic N) is 2. The van der Waals surface area contributed by atoms with Gasteiger partial charge in [-0.05, 0) is 24.2 Å². The van der Waals surface area contributed by atoms with Gasteiger partial charge in [0.05, 0.1) is 5.92 Å². The number of amides is 2. The van der Waals surface area contributed by atoms with E-state index in [0.717, 1.165) is 38.9 Å². The van der Waals surface area contributed by atoms with Crippen LogP contribution < -0.4 is 0 Å². The van der Waals surface area contributed by atoms with Gasteiger partial charge >= 0.3 is 0 Å². The predicted octanol–water partition coefficient (Wildman–Crippen LogP) is 1.36. The molecule has 0 aromatic heterocycles. The molecule has 18 heavy (non-hydrogen) atoms. The van der Waals surface area contributed by atoms with Crippen LogP contribution in [0, 0.1) is 17.3 Å². The summed E-state index contributed by atoms with van der Waals surface area (Å²) in [6, 6.07) is 0. The van der Waals surface area contributed by atoms with Crippen LogP contribution in [0.3, 0.4) is 0 Å². The van der Waals surface area contributed by atoms with Crippen LogP contribution in [0.2, 0.25) is 0 Å². The van der Waals surface area contributed by atoms with Crippen LogP contribution in [-0.4, -0.2) is 48.3 Å². The third kappa shape index (κ3) is 2.52. The second-order valence-electron chi connectivity index (χ2n) is 6.55. The van der Waals surface area contributed by atoms with Crippen molar-refractivity contribution in [2.45, 2.75) is 33.6 Å². The molecule has 0 spiro atoms. The first-order chi connectivity index (χ1) is 8.44. The summed E-state index contributed by atoms with van der Waals surface area (Å²) in [6.07, 6.45) is 2.74. The molecule has 2 saturated heterocycles. The standard InChI is InChI=1S/C14H24N2O2/c1-11-7-16(9-14(11,2)3)13(18)12-5-4-6-15(8-12)10-17/h10-12H,4-9H2,1-3H3. The number of rotatable bonds is 2. The van der Waals surface area contributed by atoms with Crippen molar-refractivity contribution in [3.8, 4) is 0 Å². The second-order valence-corrected chi connectivity index (χ2v) is 6.55. The molecule has 0 N–H and O–H groups in total. The van der Waals surface area contributed by atoms with Gasteiger partial charge in [0, 0.05) is 26.2 Å². The highest BCUT2D eigenvalue weighted by molar-refractivity contribution is 5.80. The van der Waals surface area contributed by atoms with Crippen LogP contribution in [0.15, 0.2) is 0 Å². The molecule has 2 aliphatic heterocycles. The molecule has 4 nitrogen and oxygen atoms in total. The molecule has 2 atom stereocenters. The van der Waals surface area contributed by atoms with E-state index in [9.17, 15) is 9.59 Å². The van der Waals surface area contributed by atoms with Gasteiger partial charge in [-0.1, -0.05) is 20.8 Å². The van der Waals surface area contributed by atoms with Crippen molar-refractivity contribution in [1.82, 2.24) is 9.80 Å². The van der Waals surface area contributed by atoms with E-state index >= 15 is 0 Å². The van der Waals surface area contributed by atoms with E-state index in [2.05, 4.69) is 20.8 Å². The lowest BCUT2D eigenvalue weighted by Gasteiger charge is -2.32. The fourth-order valence-corrected chi connectivity index (χ4v) is 3.02. The first-order valence-electron chi connectivity index (χ1n) is 6.92. The second kappa shape index (κ2) is 4.90. The Morgan fingerprint density at radius 2 is 2.06 bits per heavy atom. The summed E-state index contributed by atoms with van der Waals surface area (Å²) < 4.78 is 0. The topological polar surface area (TPSA) is 40.6 Å². The smallest absolute Gasteiger partial charge is 0.227 e. The summed E-state index contributed by atoms with van der Waals surface area (Å²) >= 11 is 0. The van der Waals surface area contributed by atoms with Gasteiger partial charge in [-0.15, -0.1) is 0 Å². The molecule has 2 aliphatic rings. The van der Waals surface area contributed by atoms with Crippen LogP contribution in [-0.2, 0) is 9.59 Å². The molecule has 2 fully saturated rings. The molecular weight excluding hydrogens is 228 g/mol. The Morgan fingerprint density at radius 1 is 1.33 bits per heavy atom. The van der Waals surface area contributed by atoms with Crippen molar-refractivity contribution in [1.29, 1.82) is 0 Å². The third-order valence-corrected chi connectivity index (χ3v) is 4.69. The maximum absolute atomic E-state index is 12.5. The highest BCUT2D eigenvalue weighted by atomic mass is 16.2. The number of piperidine rings is 1. The lowest BCUT2D eigenvalue weighted by Crippen LogP contribution is -2.44. The lowest BCUT2D eigenvalue weighted by atomic mass is 9.84. The van der Waals surface area contributed by atoms with E-state index in [4.69, 9.17) is 0 Å². The van der Waals surface area contributed by atoms with E-state index < -0.39 is 0 Å². The van der Waals surface area contributed by atoms with Gasteiger partial charge in [0.2, 0.25) is 12.3 Å². The molecule has 0 aromatic rings. The molecule has 2 rings (SSSR count). The van der Waals surface area contributed by atoms with Crippen LogP contribution >= 0.6 is 0 Å². The van der Waals surface area contributed by atoms with Gasteiger partial charge < -0.3 is 9.80 Å². The fraction of sp³-hybridized carbons (Fsp3) is 0.857. The monoisotopic (exact) mass is 252 g/mol.